The molecule has 1 aliphatic heterocycles. The number of sulfonamides is 1. The Hall–Kier alpha value is -1.66. The highest BCUT2D eigenvalue weighted by Crippen LogP contribution is 2.69. The molecule has 2 bridgehead atoms. The van der Waals surface area contributed by atoms with E-state index in [2.05, 4.69) is 13.8 Å². The standard InChI is InChI=1S/C22H29NO4S/c1-21(2)18-11-12-22(21)16-28(25,26)23(19(22)14-18)20(24)10-6-7-13-27-15-17-8-4-3-5-9-17/h3-6,8-10,18-19H,7,11-16H2,1-2H3/b10-6-/t18-,19-,22-/m0/s1. The van der Waals surface area contributed by atoms with Gasteiger partial charge in [-0.3, -0.25) is 4.79 Å². The number of amides is 1. The van der Waals surface area contributed by atoms with Gasteiger partial charge in [-0.05, 0) is 42.6 Å². The molecule has 4 rings (SSSR count). The van der Waals surface area contributed by atoms with Crippen LogP contribution in [0, 0.1) is 16.7 Å². The molecule has 0 N–H and O–H groups in total. The van der Waals surface area contributed by atoms with Crippen molar-refractivity contribution < 1.29 is 17.9 Å². The van der Waals surface area contributed by atoms with Gasteiger partial charge in [0.15, 0.2) is 0 Å². The Bertz CT molecular complexity index is 877. The van der Waals surface area contributed by atoms with E-state index in [1.165, 1.54) is 10.4 Å². The van der Waals surface area contributed by atoms with Crippen molar-refractivity contribution in [1.29, 1.82) is 0 Å². The van der Waals surface area contributed by atoms with Crippen LogP contribution >= 0.6 is 0 Å². The van der Waals surface area contributed by atoms with E-state index in [0.717, 1.165) is 24.8 Å². The molecule has 0 unspecified atom stereocenters. The molecule has 2 aliphatic carbocycles. The number of carbonyl (C=O) groups excluding carboxylic acids is 1. The number of hydrogen-bond donors (Lipinski definition) is 0. The van der Waals surface area contributed by atoms with Crippen molar-refractivity contribution in [2.75, 3.05) is 12.4 Å². The predicted molar refractivity (Wildman–Crippen MR) is 108 cm³/mol. The van der Waals surface area contributed by atoms with Gasteiger partial charge in [-0.15, -0.1) is 0 Å². The second kappa shape index (κ2) is 6.99. The third-order valence-corrected chi connectivity index (χ3v) is 9.34. The van der Waals surface area contributed by atoms with Crippen molar-refractivity contribution in [2.24, 2.45) is 16.7 Å². The van der Waals surface area contributed by atoms with E-state index >= 15 is 0 Å². The van der Waals surface area contributed by atoms with Gasteiger partial charge in [0.05, 0.1) is 25.0 Å². The maximum Gasteiger partial charge on any atom is 0.260 e. The number of rotatable bonds is 6. The number of hydrogen-bond acceptors (Lipinski definition) is 4. The van der Waals surface area contributed by atoms with E-state index in [1.54, 1.807) is 6.08 Å². The Balaban J connectivity index is 1.35. The van der Waals surface area contributed by atoms with Gasteiger partial charge in [0.25, 0.3) is 5.91 Å². The zero-order valence-electron chi connectivity index (χ0n) is 16.6. The summed E-state index contributed by atoms with van der Waals surface area (Å²) < 4.78 is 32.5. The van der Waals surface area contributed by atoms with Crippen LogP contribution < -0.4 is 0 Å². The normalized spacial score (nSPS) is 32.1. The molecule has 1 saturated heterocycles. The third-order valence-electron chi connectivity index (χ3n) is 7.43. The molecule has 2 saturated carbocycles. The third kappa shape index (κ3) is 3.01. The van der Waals surface area contributed by atoms with E-state index < -0.39 is 15.9 Å². The summed E-state index contributed by atoms with van der Waals surface area (Å²) in [4.78, 5) is 12.8. The van der Waals surface area contributed by atoms with Crippen molar-refractivity contribution in [3.8, 4) is 0 Å². The van der Waals surface area contributed by atoms with E-state index in [0.29, 0.717) is 25.6 Å². The van der Waals surface area contributed by atoms with Crippen LogP contribution in [0.15, 0.2) is 42.5 Å². The van der Waals surface area contributed by atoms with Crippen LogP contribution in [0.3, 0.4) is 0 Å². The van der Waals surface area contributed by atoms with Gasteiger partial charge in [0.2, 0.25) is 10.0 Å². The molecular weight excluding hydrogens is 374 g/mol. The fourth-order valence-corrected chi connectivity index (χ4v) is 8.26. The van der Waals surface area contributed by atoms with E-state index in [1.807, 2.05) is 30.3 Å². The largest absolute Gasteiger partial charge is 0.376 e. The molecule has 1 heterocycles. The van der Waals surface area contributed by atoms with Gasteiger partial charge in [-0.2, -0.15) is 0 Å². The first-order valence-corrected chi connectivity index (χ1v) is 11.7. The molecule has 6 heteroatoms. The summed E-state index contributed by atoms with van der Waals surface area (Å²) in [6.45, 7) is 5.40. The quantitative estimate of drug-likeness (QED) is 0.539. The minimum absolute atomic E-state index is 0.0191. The zero-order chi connectivity index (χ0) is 20.0. The summed E-state index contributed by atoms with van der Waals surface area (Å²) in [5.74, 6) is 0.237. The van der Waals surface area contributed by atoms with Gasteiger partial charge in [0.1, 0.15) is 0 Å². The highest BCUT2D eigenvalue weighted by atomic mass is 32.2. The van der Waals surface area contributed by atoms with Crippen molar-refractivity contribution in [3.05, 3.63) is 48.0 Å². The van der Waals surface area contributed by atoms with Gasteiger partial charge < -0.3 is 4.74 Å². The van der Waals surface area contributed by atoms with Gasteiger partial charge in [-0.1, -0.05) is 50.3 Å². The molecule has 1 aromatic carbocycles. The van der Waals surface area contributed by atoms with E-state index in [-0.39, 0.29) is 22.6 Å². The number of fused-ring (bicyclic) bond motifs is 1. The molecule has 0 aromatic heterocycles. The highest BCUT2D eigenvalue weighted by Gasteiger charge is 2.72. The summed E-state index contributed by atoms with van der Waals surface area (Å²) in [5.41, 5.74) is 0.822. The molecular formula is C22H29NO4S. The van der Waals surface area contributed by atoms with Crippen LogP contribution in [0.1, 0.15) is 45.1 Å². The Morgan fingerprint density at radius 3 is 2.75 bits per heavy atom. The Kier molecular flexibility index (Phi) is 4.91. The van der Waals surface area contributed by atoms with Gasteiger partial charge in [-0.25, -0.2) is 12.7 Å². The molecule has 0 radical (unpaired) electrons. The van der Waals surface area contributed by atoms with Gasteiger partial charge >= 0.3 is 0 Å². The number of benzene rings is 1. The van der Waals surface area contributed by atoms with Crippen LogP contribution in [0.2, 0.25) is 0 Å². The smallest absolute Gasteiger partial charge is 0.260 e. The molecule has 1 aromatic rings. The molecule has 3 aliphatic rings. The average Bonchev–Trinajstić information content (AvgIpc) is 3.13. The number of ether oxygens (including phenoxy) is 1. The first kappa shape index (κ1) is 19.6. The predicted octanol–water partition coefficient (Wildman–Crippen LogP) is 3.52. The summed E-state index contributed by atoms with van der Waals surface area (Å²) in [6.07, 6.45) is 6.53. The highest BCUT2D eigenvalue weighted by molar-refractivity contribution is 7.90. The molecule has 1 amide bonds. The first-order valence-electron chi connectivity index (χ1n) is 10.1. The molecule has 5 nitrogen and oxygen atoms in total. The van der Waals surface area contributed by atoms with Crippen LogP contribution in [0.5, 0.6) is 0 Å². The lowest BCUT2D eigenvalue weighted by Gasteiger charge is -2.36. The minimum atomic E-state index is -3.54. The summed E-state index contributed by atoms with van der Waals surface area (Å²) in [5, 5.41) is 0. The van der Waals surface area contributed by atoms with E-state index in [9.17, 15) is 13.2 Å². The molecule has 1 spiro atoms. The molecule has 152 valence electrons. The van der Waals surface area contributed by atoms with Crippen molar-refractivity contribution in [3.63, 3.8) is 0 Å². The summed E-state index contributed by atoms with van der Waals surface area (Å²) in [7, 11) is -3.54. The van der Waals surface area contributed by atoms with Crippen LogP contribution in [0.4, 0.5) is 0 Å². The summed E-state index contributed by atoms with van der Waals surface area (Å²) >= 11 is 0. The number of nitrogens with zero attached hydrogens (tertiary/aromatic N) is 1. The zero-order valence-corrected chi connectivity index (χ0v) is 17.5. The maximum absolute atomic E-state index is 12.8. The number of carbonyl (C=O) groups is 1. The Labute approximate surface area is 167 Å². The lowest BCUT2D eigenvalue weighted by Crippen LogP contribution is -2.43. The van der Waals surface area contributed by atoms with Crippen LogP contribution in [0.25, 0.3) is 0 Å². The molecule has 3 fully saturated rings. The van der Waals surface area contributed by atoms with E-state index in [4.69, 9.17) is 4.74 Å². The van der Waals surface area contributed by atoms with Crippen molar-refractivity contribution >= 4 is 15.9 Å². The topological polar surface area (TPSA) is 63.7 Å². The Morgan fingerprint density at radius 1 is 1.29 bits per heavy atom. The lowest BCUT2D eigenvalue weighted by molar-refractivity contribution is -0.124. The van der Waals surface area contributed by atoms with Gasteiger partial charge in [0, 0.05) is 11.5 Å². The maximum atomic E-state index is 12.8. The van der Waals surface area contributed by atoms with Crippen LogP contribution in [-0.4, -0.2) is 37.0 Å². The fourth-order valence-electron chi connectivity index (χ4n) is 5.75. The second-order valence-electron chi connectivity index (χ2n) is 8.98. The minimum Gasteiger partial charge on any atom is -0.376 e. The molecule has 3 atom stereocenters. The molecule has 28 heavy (non-hydrogen) atoms. The lowest BCUT2D eigenvalue weighted by atomic mass is 9.69. The summed E-state index contributed by atoms with van der Waals surface area (Å²) in [6, 6.07) is 9.74. The van der Waals surface area contributed by atoms with Crippen molar-refractivity contribution in [1.82, 2.24) is 4.31 Å². The Morgan fingerprint density at radius 2 is 2.04 bits per heavy atom. The fraction of sp³-hybridized carbons (Fsp3) is 0.591. The van der Waals surface area contributed by atoms with Crippen LogP contribution in [-0.2, 0) is 26.2 Å². The SMILES string of the molecule is CC1(C)[C@H]2CC[C@@]13CS(=O)(=O)N(C(=O)/C=C\CCOCc1ccccc1)[C@H]3C2. The monoisotopic (exact) mass is 403 g/mol. The van der Waals surface area contributed by atoms with Crippen molar-refractivity contribution in [2.45, 2.75) is 52.2 Å². The average molecular weight is 404 g/mol. The first-order chi connectivity index (χ1) is 13.3. The second-order valence-corrected chi connectivity index (χ2v) is 10.8.